The number of nitrogens with one attached hydrogen (secondary N) is 2. The maximum atomic E-state index is 12.7. The van der Waals surface area contributed by atoms with Gasteiger partial charge in [0.2, 0.25) is 21.8 Å². The third kappa shape index (κ3) is 4.82. The van der Waals surface area contributed by atoms with Crippen LogP contribution in [0.25, 0.3) is 0 Å². The second kappa shape index (κ2) is 8.48. The van der Waals surface area contributed by atoms with E-state index in [1.54, 1.807) is 12.1 Å². The fourth-order valence-corrected chi connectivity index (χ4v) is 4.87. The Morgan fingerprint density at radius 3 is 2.32 bits per heavy atom. The van der Waals surface area contributed by atoms with E-state index in [1.807, 2.05) is 6.92 Å². The van der Waals surface area contributed by atoms with Gasteiger partial charge in [0, 0.05) is 25.0 Å². The normalized spacial score (nSPS) is 23.1. The van der Waals surface area contributed by atoms with Crippen LogP contribution in [0.15, 0.2) is 29.2 Å². The molecule has 9 heteroatoms. The minimum Gasteiger partial charge on any atom is -0.497 e. The van der Waals surface area contributed by atoms with E-state index < -0.39 is 10.0 Å². The Kier molecular flexibility index (Phi) is 6.24. The monoisotopic (exact) mass is 409 g/mol. The van der Waals surface area contributed by atoms with Crippen LogP contribution in [-0.4, -0.2) is 57.3 Å². The van der Waals surface area contributed by atoms with Gasteiger partial charge in [0.15, 0.2) is 0 Å². The molecule has 0 aromatic heterocycles. The van der Waals surface area contributed by atoms with Gasteiger partial charge in [-0.15, -0.1) is 0 Å². The first-order valence-corrected chi connectivity index (χ1v) is 11.0. The Morgan fingerprint density at radius 2 is 1.79 bits per heavy atom. The van der Waals surface area contributed by atoms with Gasteiger partial charge in [0.05, 0.1) is 18.6 Å². The van der Waals surface area contributed by atoms with E-state index in [9.17, 15) is 18.0 Å². The van der Waals surface area contributed by atoms with Crippen molar-refractivity contribution < 1.29 is 22.7 Å². The zero-order valence-electron chi connectivity index (χ0n) is 16.2. The van der Waals surface area contributed by atoms with Crippen LogP contribution >= 0.6 is 0 Å². The second-order valence-corrected chi connectivity index (χ2v) is 9.40. The summed E-state index contributed by atoms with van der Waals surface area (Å²) < 4.78 is 32.0. The van der Waals surface area contributed by atoms with Gasteiger partial charge in [-0.3, -0.25) is 9.59 Å². The number of benzene rings is 1. The van der Waals surface area contributed by atoms with Gasteiger partial charge in [-0.05, 0) is 49.4 Å². The van der Waals surface area contributed by atoms with Gasteiger partial charge in [-0.2, -0.15) is 4.31 Å². The van der Waals surface area contributed by atoms with Gasteiger partial charge in [-0.25, -0.2) is 8.42 Å². The summed E-state index contributed by atoms with van der Waals surface area (Å²) in [5.41, 5.74) is 0. The summed E-state index contributed by atoms with van der Waals surface area (Å²) in [5, 5.41) is 5.54. The van der Waals surface area contributed by atoms with Gasteiger partial charge in [0.1, 0.15) is 5.75 Å². The molecule has 3 rings (SSSR count). The average Bonchev–Trinajstić information content (AvgIpc) is 3.43. The third-order valence-corrected chi connectivity index (χ3v) is 7.30. The molecule has 28 heavy (non-hydrogen) atoms. The number of sulfonamides is 1. The summed E-state index contributed by atoms with van der Waals surface area (Å²) in [6, 6.07) is 6.22. The first-order valence-electron chi connectivity index (χ1n) is 9.52. The first-order chi connectivity index (χ1) is 13.3. The topological polar surface area (TPSA) is 105 Å². The lowest BCUT2D eigenvalue weighted by molar-refractivity contribution is -0.127. The smallest absolute Gasteiger partial charge is 0.243 e. The van der Waals surface area contributed by atoms with Crippen LogP contribution < -0.4 is 15.4 Å². The van der Waals surface area contributed by atoms with E-state index in [1.165, 1.54) is 23.5 Å². The fourth-order valence-electron chi connectivity index (χ4n) is 3.40. The first kappa shape index (κ1) is 20.6. The fraction of sp³-hybridized carbons (Fsp3) is 0.579. The van der Waals surface area contributed by atoms with Gasteiger partial charge >= 0.3 is 0 Å². The molecule has 1 heterocycles. The van der Waals surface area contributed by atoms with E-state index in [-0.39, 0.29) is 35.2 Å². The average molecular weight is 410 g/mol. The number of methoxy groups -OCH3 is 1. The zero-order chi connectivity index (χ0) is 20.3. The minimum absolute atomic E-state index is 0.0353. The maximum absolute atomic E-state index is 12.7. The summed E-state index contributed by atoms with van der Waals surface area (Å²) in [5.74, 6) is 0.740. The molecule has 154 valence electrons. The quantitative estimate of drug-likeness (QED) is 0.691. The number of amides is 2. The molecule has 2 atom stereocenters. The predicted molar refractivity (Wildman–Crippen MR) is 103 cm³/mol. The van der Waals surface area contributed by atoms with Crippen LogP contribution in [-0.2, 0) is 19.6 Å². The van der Waals surface area contributed by atoms with Crippen molar-refractivity contribution in [1.29, 1.82) is 0 Å². The Bertz CT molecular complexity index is 816. The highest BCUT2D eigenvalue weighted by atomic mass is 32.2. The molecule has 0 unspecified atom stereocenters. The molecule has 0 spiro atoms. The maximum Gasteiger partial charge on any atom is 0.243 e. The lowest BCUT2D eigenvalue weighted by atomic mass is 10.1. The van der Waals surface area contributed by atoms with Crippen molar-refractivity contribution in [2.75, 3.05) is 26.7 Å². The van der Waals surface area contributed by atoms with Crippen LogP contribution in [0.4, 0.5) is 0 Å². The third-order valence-electron chi connectivity index (χ3n) is 5.39. The molecule has 0 radical (unpaired) electrons. The Balaban J connectivity index is 1.45. The molecule has 1 aromatic rings. The zero-order valence-corrected chi connectivity index (χ0v) is 17.0. The summed E-state index contributed by atoms with van der Waals surface area (Å²) >= 11 is 0. The van der Waals surface area contributed by atoms with Gasteiger partial charge < -0.3 is 15.4 Å². The number of carbonyl (C=O) groups is 2. The van der Waals surface area contributed by atoms with Crippen molar-refractivity contribution in [2.24, 2.45) is 11.8 Å². The van der Waals surface area contributed by atoms with E-state index in [4.69, 9.17) is 4.74 Å². The molecule has 1 aliphatic heterocycles. The number of hydrogen-bond donors (Lipinski definition) is 2. The van der Waals surface area contributed by atoms with E-state index >= 15 is 0 Å². The van der Waals surface area contributed by atoms with Crippen LogP contribution in [0, 0.1) is 11.8 Å². The van der Waals surface area contributed by atoms with Crippen LogP contribution in [0.5, 0.6) is 5.75 Å². The molecular weight excluding hydrogens is 382 g/mol. The van der Waals surface area contributed by atoms with E-state index in [0.29, 0.717) is 37.6 Å². The summed E-state index contributed by atoms with van der Waals surface area (Å²) in [7, 11) is -2.03. The van der Waals surface area contributed by atoms with Crippen LogP contribution in [0.3, 0.4) is 0 Å². The number of piperidine rings is 1. The van der Waals surface area contributed by atoms with E-state index in [2.05, 4.69) is 10.6 Å². The lowest BCUT2D eigenvalue weighted by Crippen LogP contribution is -2.48. The Hall–Kier alpha value is -2.13. The van der Waals surface area contributed by atoms with Gasteiger partial charge in [0.25, 0.3) is 0 Å². The molecule has 0 bridgehead atoms. The number of ether oxygens (including phenoxy) is 1. The molecule has 2 N–H and O–H groups in total. The number of nitrogens with zero attached hydrogens (tertiary/aromatic N) is 1. The number of rotatable bonds is 7. The van der Waals surface area contributed by atoms with Crippen molar-refractivity contribution in [3.05, 3.63) is 24.3 Å². The molecule has 1 saturated heterocycles. The largest absolute Gasteiger partial charge is 0.497 e. The van der Waals surface area contributed by atoms with Crippen molar-refractivity contribution in [3.8, 4) is 5.75 Å². The highest BCUT2D eigenvalue weighted by Crippen LogP contribution is 2.37. The molecule has 2 aliphatic rings. The summed E-state index contributed by atoms with van der Waals surface area (Å²) in [6.07, 6.45) is 1.96. The van der Waals surface area contributed by atoms with E-state index in [0.717, 1.165) is 6.42 Å². The van der Waals surface area contributed by atoms with Crippen LogP contribution in [0.1, 0.15) is 26.2 Å². The van der Waals surface area contributed by atoms with Gasteiger partial charge in [-0.1, -0.05) is 6.92 Å². The van der Waals surface area contributed by atoms with Crippen LogP contribution in [0.2, 0.25) is 0 Å². The van der Waals surface area contributed by atoms with Crippen molar-refractivity contribution in [1.82, 2.24) is 14.9 Å². The van der Waals surface area contributed by atoms with Crippen molar-refractivity contribution in [2.45, 2.75) is 37.1 Å². The predicted octanol–water partition coefficient (Wildman–Crippen LogP) is 0.737. The standard InChI is InChI=1S/C19H27N3O5S/c1-13-11-17(13)19(24)20-12-18(23)21-14-7-9-22(10-8-14)28(25,26)16-5-3-15(27-2)4-6-16/h3-6,13-14,17H,7-12H2,1-2H3,(H,20,24)(H,21,23)/t13-,17-/m1/s1. The highest BCUT2D eigenvalue weighted by Gasteiger charge is 2.39. The molecule has 2 amide bonds. The van der Waals surface area contributed by atoms with Crippen molar-refractivity contribution in [3.63, 3.8) is 0 Å². The molecular formula is C19H27N3O5S. The number of hydrogen-bond acceptors (Lipinski definition) is 5. The lowest BCUT2D eigenvalue weighted by Gasteiger charge is -2.31. The molecule has 8 nitrogen and oxygen atoms in total. The molecule has 2 fully saturated rings. The summed E-state index contributed by atoms with van der Waals surface area (Å²) in [6.45, 7) is 2.65. The second-order valence-electron chi connectivity index (χ2n) is 7.46. The molecule has 1 aromatic carbocycles. The summed E-state index contributed by atoms with van der Waals surface area (Å²) in [4.78, 5) is 24.0. The number of carbonyl (C=O) groups excluding carboxylic acids is 2. The molecule has 1 aliphatic carbocycles. The Labute approximate surface area is 165 Å². The van der Waals surface area contributed by atoms with Crippen molar-refractivity contribution >= 4 is 21.8 Å². The minimum atomic E-state index is -3.56. The SMILES string of the molecule is COc1ccc(S(=O)(=O)N2CCC(NC(=O)CNC(=O)[C@@H]3C[C@H]3C)CC2)cc1. The molecule has 1 saturated carbocycles. The Morgan fingerprint density at radius 1 is 1.18 bits per heavy atom. The highest BCUT2D eigenvalue weighted by molar-refractivity contribution is 7.89.